The number of rotatable bonds is 4. The van der Waals surface area contributed by atoms with Crippen LogP contribution in [0.25, 0.3) is 0 Å². The molecule has 1 fully saturated rings. The number of nitrogens with one attached hydrogen (secondary N) is 1. The Kier molecular flexibility index (Phi) is 4.60. The Morgan fingerprint density at radius 1 is 1.50 bits per heavy atom. The largest absolute Gasteiger partial charge is 0.490 e. The number of carbonyl (C=O) groups is 1. The van der Waals surface area contributed by atoms with E-state index in [1.807, 2.05) is 0 Å². The third kappa shape index (κ3) is 3.28. The zero-order chi connectivity index (χ0) is 14.5. The van der Waals surface area contributed by atoms with Gasteiger partial charge in [-0.2, -0.15) is 0 Å². The fourth-order valence-corrected chi connectivity index (χ4v) is 2.44. The molecule has 0 spiro atoms. The van der Waals surface area contributed by atoms with Crippen LogP contribution in [0.2, 0.25) is 0 Å². The first kappa shape index (κ1) is 14.4. The Morgan fingerprint density at radius 3 is 2.80 bits per heavy atom. The van der Waals surface area contributed by atoms with Crippen LogP contribution < -0.4 is 20.7 Å². The maximum atomic E-state index is 10.9. The summed E-state index contributed by atoms with van der Waals surface area (Å²) in [5.74, 6) is 2.18. The van der Waals surface area contributed by atoms with Crippen molar-refractivity contribution in [2.24, 2.45) is 5.92 Å². The van der Waals surface area contributed by atoms with E-state index in [0.717, 1.165) is 38.3 Å². The number of hydrogen-bond acceptors (Lipinski definition) is 6. The molecule has 1 saturated heterocycles. The van der Waals surface area contributed by atoms with Gasteiger partial charge < -0.3 is 20.7 Å². The molecule has 1 aromatic rings. The van der Waals surface area contributed by atoms with Crippen molar-refractivity contribution < 1.29 is 9.53 Å². The molecule has 1 aliphatic rings. The van der Waals surface area contributed by atoms with Gasteiger partial charge in [-0.1, -0.05) is 0 Å². The molecule has 1 aliphatic heterocycles. The van der Waals surface area contributed by atoms with Gasteiger partial charge in [0, 0.05) is 26.6 Å². The molecule has 2 rings (SSSR count). The summed E-state index contributed by atoms with van der Waals surface area (Å²) in [5, 5.41) is 2.87. The molecule has 20 heavy (non-hydrogen) atoms. The minimum absolute atomic E-state index is 0.0256. The van der Waals surface area contributed by atoms with Crippen LogP contribution in [0.4, 0.5) is 11.6 Å². The van der Waals surface area contributed by atoms with Crippen molar-refractivity contribution in [2.75, 3.05) is 37.4 Å². The van der Waals surface area contributed by atoms with E-state index in [-0.39, 0.29) is 5.91 Å². The maximum absolute atomic E-state index is 10.9. The second kappa shape index (κ2) is 6.40. The van der Waals surface area contributed by atoms with Crippen LogP contribution in [0.5, 0.6) is 5.75 Å². The Bertz CT molecular complexity index is 472. The molecule has 0 unspecified atom stereocenters. The molecule has 0 atom stereocenters. The first-order chi connectivity index (χ1) is 9.61. The number of ether oxygens (including phenoxy) is 1. The summed E-state index contributed by atoms with van der Waals surface area (Å²) in [6.07, 6.45) is 3.47. The average molecular weight is 279 g/mol. The molecule has 110 valence electrons. The van der Waals surface area contributed by atoms with Crippen molar-refractivity contribution in [3.05, 3.63) is 6.33 Å². The van der Waals surface area contributed by atoms with Gasteiger partial charge in [-0.05, 0) is 18.8 Å². The fraction of sp³-hybridized carbons (Fsp3) is 0.615. The van der Waals surface area contributed by atoms with Crippen LogP contribution in [0.3, 0.4) is 0 Å². The number of nitrogens with two attached hydrogens (primary N) is 1. The van der Waals surface area contributed by atoms with Crippen LogP contribution in [0.15, 0.2) is 6.33 Å². The van der Waals surface area contributed by atoms with Crippen molar-refractivity contribution in [1.82, 2.24) is 15.3 Å². The topological polar surface area (TPSA) is 93.4 Å². The van der Waals surface area contributed by atoms with E-state index in [9.17, 15) is 4.79 Å². The van der Waals surface area contributed by atoms with Crippen LogP contribution in [-0.2, 0) is 4.79 Å². The molecule has 2 heterocycles. The molecule has 0 bridgehead atoms. The molecule has 1 amide bonds. The average Bonchev–Trinajstić information content (AvgIpc) is 2.45. The van der Waals surface area contributed by atoms with Crippen LogP contribution in [0.1, 0.15) is 19.8 Å². The highest BCUT2D eigenvalue weighted by Gasteiger charge is 2.23. The number of anilines is 2. The molecule has 0 saturated carbocycles. The highest BCUT2D eigenvalue weighted by molar-refractivity contribution is 5.72. The molecule has 0 radical (unpaired) electrons. The predicted molar refractivity (Wildman–Crippen MR) is 76.6 cm³/mol. The van der Waals surface area contributed by atoms with E-state index in [2.05, 4.69) is 20.2 Å². The summed E-state index contributed by atoms with van der Waals surface area (Å²) in [4.78, 5) is 21.3. The Labute approximate surface area is 118 Å². The van der Waals surface area contributed by atoms with Gasteiger partial charge in [-0.15, -0.1) is 0 Å². The van der Waals surface area contributed by atoms with Gasteiger partial charge in [0.2, 0.25) is 11.7 Å². The fourth-order valence-electron chi connectivity index (χ4n) is 2.44. The summed E-state index contributed by atoms with van der Waals surface area (Å²) in [7, 11) is 1.57. The number of methoxy groups -OCH3 is 1. The lowest BCUT2D eigenvalue weighted by Gasteiger charge is -2.33. The second-order valence-electron chi connectivity index (χ2n) is 4.98. The zero-order valence-corrected chi connectivity index (χ0v) is 11.9. The first-order valence-corrected chi connectivity index (χ1v) is 6.75. The highest BCUT2D eigenvalue weighted by atomic mass is 16.5. The quantitative estimate of drug-likeness (QED) is 0.829. The van der Waals surface area contributed by atoms with Crippen molar-refractivity contribution in [3.63, 3.8) is 0 Å². The summed E-state index contributed by atoms with van der Waals surface area (Å²) >= 11 is 0. The van der Waals surface area contributed by atoms with Crippen LogP contribution in [0, 0.1) is 5.92 Å². The highest BCUT2D eigenvalue weighted by Crippen LogP contribution is 2.32. The van der Waals surface area contributed by atoms with Crippen LogP contribution >= 0.6 is 0 Å². The first-order valence-electron chi connectivity index (χ1n) is 6.75. The molecular weight excluding hydrogens is 258 g/mol. The van der Waals surface area contributed by atoms with Crippen molar-refractivity contribution in [2.45, 2.75) is 19.8 Å². The van der Waals surface area contributed by atoms with E-state index < -0.39 is 0 Å². The van der Waals surface area contributed by atoms with Gasteiger partial charge in [0.25, 0.3) is 0 Å². The standard InChI is InChI=1S/C13H21N5O2/c1-9(19)15-7-10-3-5-18(6-4-10)13-11(20-2)12(14)16-8-17-13/h8,10H,3-7H2,1-2H3,(H,15,19)(H2,14,16,17). The summed E-state index contributed by atoms with van der Waals surface area (Å²) in [6.45, 7) is 4.03. The number of aromatic nitrogens is 2. The second-order valence-corrected chi connectivity index (χ2v) is 4.98. The predicted octanol–water partition coefficient (Wildman–Crippen LogP) is 0.420. The molecule has 7 nitrogen and oxygen atoms in total. The van der Waals surface area contributed by atoms with Gasteiger partial charge >= 0.3 is 0 Å². The monoisotopic (exact) mass is 279 g/mol. The number of hydrogen-bond donors (Lipinski definition) is 2. The Hall–Kier alpha value is -2.05. The number of nitrogens with zero attached hydrogens (tertiary/aromatic N) is 3. The Balaban J connectivity index is 1.97. The maximum Gasteiger partial charge on any atom is 0.216 e. The minimum Gasteiger partial charge on any atom is -0.490 e. The van der Waals surface area contributed by atoms with E-state index >= 15 is 0 Å². The van der Waals surface area contributed by atoms with Gasteiger partial charge in [0.05, 0.1) is 7.11 Å². The number of amides is 1. The number of nitrogen functional groups attached to an aromatic ring is 1. The Morgan fingerprint density at radius 2 is 2.20 bits per heavy atom. The van der Waals surface area contributed by atoms with Gasteiger partial charge in [-0.3, -0.25) is 4.79 Å². The molecule has 7 heteroatoms. The molecule has 1 aromatic heterocycles. The van der Waals surface area contributed by atoms with E-state index in [1.54, 1.807) is 14.0 Å². The third-order valence-electron chi connectivity index (χ3n) is 3.57. The van der Waals surface area contributed by atoms with Crippen molar-refractivity contribution in [3.8, 4) is 5.75 Å². The molecule has 3 N–H and O–H groups in total. The van der Waals surface area contributed by atoms with Gasteiger partial charge in [0.1, 0.15) is 6.33 Å². The lowest BCUT2D eigenvalue weighted by molar-refractivity contribution is -0.119. The van der Waals surface area contributed by atoms with Crippen molar-refractivity contribution >= 4 is 17.5 Å². The lowest BCUT2D eigenvalue weighted by Crippen LogP contribution is -2.38. The SMILES string of the molecule is COc1c(N)ncnc1N1CCC(CNC(C)=O)CC1. The van der Waals surface area contributed by atoms with Crippen molar-refractivity contribution in [1.29, 1.82) is 0 Å². The number of piperidine rings is 1. The summed E-state index contributed by atoms with van der Waals surface area (Å²) in [6, 6.07) is 0. The minimum atomic E-state index is 0.0256. The molecular formula is C13H21N5O2. The number of carbonyl (C=O) groups excluding carboxylic acids is 1. The third-order valence-corrected chi connectivity index (χ3v) is 3.57. The normalized spacial score (nSPS) is 16.0. The molecule has 0 aromatic carbocycles. The van der Waals surface area contributed by atoms with E-state index in [0.29, 0.717) is 17.5 Å². The van der Waals surface area contributed by atoms with Gasteiger partial charge in [0.15, 0.2) is 11.6 Å². The lowest BCUT2D eigenvalue weighted by atomic mass is 9.97. The van der Waals surface area contributed by atoms with Gasteiger partial charge in [-0.25, -0.2) is 9.97 Å². The summed E-state index contributed by atoms with van der Waals surface area (Å²) in [5.41, 5.74) is 5.80. The smallest absolute Gasteiger partial charge is 0.216 e. The zero-order valence-electron chi connectivity index (χ0n) is 11.9. The van der Waals surface area contributed by atoms with E-state index in [1.165, 1.54) is 6.33 Å². The summed E-state index contributed by atoms with van der Waals surface area (Å²) < 4.78 is 5.29. The van der Waals surface area contributed by atoms with E-state index in [4.69, 9.17) is 10.5 Å². The molecule has 0 aliphatic carbocycles. The van der Waals surface area contributed by atoms with Crippen LogP contribution in [-0.4, -0.2) is 42.6 Å².